The van der Waals surface area contributed by atoms with E-state index in [0.29, 0.717) is 23.2 Å². The maximum absolute atomic E-state index is 11.9. The van der Waals surface area contributed by atoms with Crippen LogP contribution < -0.4 is 5.32 Å². The summed E-state index contributed by atoms with van der Waals surface area (Å²) in [4.78, 5) is 23.6. The Balaban J connectivity index is 2.49. The molecule has 0 fully saturated rings. The lowest BCUT2D eigenvalue weighted by Gasteiger charge is -2.14. The molecule has 0 heterocycles. The van der Waals surface area contributed by atoms with Crippen molar-refractivity contribution in [3.63, 3.8) is 0 Å². The number of hydrogen-bond donors (Lipinski definition) is 1. The predicted octanol–water partition coefficient (Wildman–Crippen LogP) is 1.21. The molecule has 0 unspecified atom stereocenters. The van der Waals surface area contributed by atoms with Crippen molar-refractivity contribution in [2.24, 2.45) is 0 Å². The van der Waals surface area contributed by atoms with Crippen molar-refractivity contribution in [2.75, 3.05) is 13.6 Å². The van der Waals surface area contributed by atoms with Crippen molar-refractivity contribution in [3.8, 4) is 0 Å². The molecule has 0 spiro atoms. The molecule has 1 aromatic rings. The standard InChI is InChI=1S/C12H11NO2/c1-13-7-8-6-11(14)9-4-2-3-5-10(9)12(8)15/h2-6,13H,7H2,1H3. The molecule has 0 atom stereocenters. The Bertz CT molecular complexity index is 460. The maximum Gasteiger partial charge on any atom is 0.191 e. The summed E-state index contributed by atoms with van der Waals surface area (Å²) in [6.07, 6.45) is 1.42. The van der Waals surface area contributed by atoms with Crippen molar-refractivity contribution < 1.29 is 9.59 Å². The smallest absolute Gasteiger partial charge is 0.191 e. The number of likely N-dealkylation sites (N-methyl/N-ethyl adjacent to an activating group) is 1. The third kappa shape index (κ3) is 1.62. The van der Waals surface area contributed by atoms with Crippen LogP contribution in [0.5, 0.6) is 0 Å². The third-order valence-corrected chi connectivity index (χ3v) is 2.40. The minimum atomic E-state index is -0.0875. The first-order valence-electron chi connectivity index (χ1n) is 4.77. The second kappa shape index (κ2) is 3.79. The molecule has 0 aromatic heterocycles. The molecule has 1 aromatic carbocycles. The Kier molecular flexibility index (Phi) is 2.47. The first-order chi connectivity index (χ1) is 7.24. The SMILES string of the molecule is CNCC1=CC(=O)c2ccccc2C1=O. The van der Waals surface area contributed by atoms with Crippen LogP contribution in [0.3, 0.4) is 0 Å². The fourth-order valence-electron chi connectivity index (χ4n) is 1.69. The predicted molar refractivity (Wildman–Crippen MR) is 57.1 cm³/mol. The molecule has 3 nitrogen and oxygen atoms in total. The van der Waals surface area contributed by atoms with Gasteiger partial charge in [0.15, 0.2) is 11.6 Å². The van der Waals surface area contributed by atoms with Gasteiger partial charge in [-0.25, -0.2) is 0 Å². The van der Waals surface area contributed by atoms with Gasteiger partial charge < -0.3 is 5.32 Å². The monoisotopic (exact) mass is 201 g/mol. The molecule has 0 radical (unpaired) electrons. The number of Topliss-reactive ketones (excluding diaryl/α,β-unsaturated/α-hetero) is 1. The van der Waals surface area contributed by atoms with Gasteiger partial charge in [0, 0.05) is 23.2 Å². The van der Waals surface area contributed by atoms with Gasteiger partial charge in [-0.05, 0) is 13.1 Å². The maximum atomic E-state index is 11.9. The molecule has 0 bridgehead atoms. The third-order valence-electron chi connectivity index (χ3n) is 2.40. The highest BCUT2D eigenvalue weighted by Gasteiger charge is 2.23. The number of ketones is 2. The molecule has 1 N–H and O–H groups in total. The van der Waals surface area contributed by atoms with Crippen LogP contribution in [0.1, 0.15) is 20.7 Å². The lowest BCUT2D eigenvalue weighted by molar-refractivity contribution is 0.0982. The number of rotatable bonds is 2. The topological polar surface area (TPSA) is 46.2 Å². The van der Waals surface area contributed by atoms with Crippen LogP contribution in [-0.2, 0) is 0 Å². The van der Waals surface area contributed by atoms with Gasteiger partial charge in [0.2, 0.25) is 0 Å². The van der Waals surface area contributed by atoms with Crippen molar-refractivity contribution in [2.45, 2.75) is 0 Å². The number of benzene rings is 1. The second-order valence-corrected chi connectivity index (χ2v) is 3.44. The Morgan fingerprint density at radius 2 is 1.80 bits per heavy atom. The van der Waals surface area contributed by atoms with Crippen LogP contribution in [0.15, 0.2) is 35.9 Å². The average Bonchev–Trinajstić information content (AvgIpc) is 2.26. The summed E-state index contributed by atoms with van der Waals surface area (Å²) in [5.74, 6) is -0.144. The van der Waals surface area contributed by atoms with Gasteiger partial charge in [-0.2, -0.15) is 0 Å². The minimum Gasteiger partial charge on any atom is -0.316 e. The normalized spacial score (nSPS) is 14.9. The Hall–Kier alpha value is -1.74. The van der Waals surface area contributed by atoms with Gasteiger partial charge in [-0.3, -0.25) is 9.59 Å². The van der Waals surface area contributed by atoms with E-state index in [0.717, 1.165) is 0 Å². The Morgan fingerprint density at radius 3 is 2.47 bits per heavy atom. The zero-order valence-corrected chi connectivity index (χ0v) is 8.41. The van der Waals surface area contributed by atoms with Crippen molar-refractivity contribution >= 4 is 11.6 Å². The van der Waals surface area contributed by atoms with Crippen molar-refractivity contribution in [1.29, 1.82) is 0 Å². The number of carbonyl (C=O) groups excluding carboxylic acids is 2. The molecule has 76 valence electrons. The summed E-state index contributed by atoms with van der Waals surface area (Å²) in [5, 5.41) is 2.88. The average molecular weight is 201 g/mol. The van der Waals surface area contributed by atoms with E-state index in [9.17, 15) is 9.59 Å². The molecule has 1 aliphatic rings. The van der Waals surface area contributed by atoms with E-state index in [1.165, 1.54) is 6.08 Å². The summed E-state index contributed by atoms with van der Waals surface area (Å²) >= 11 is 0. The van der Waals surface area contributed by atoms with Crippen LogP contribution in [0, 0.1) is 0 Å². The van der Waals surface area contributed by atoms with E-state index in [4.69, 9.17) is 0 Å². The second-order valence-electron chi connectivity index (χ2n) is 3.44. The summed E-state index contributed by atoms with van der Waals surface area (Å²) in [5.41, 5.74) is 1.54. The number of fused-ring (bicyclic) bond motifs is 1. The van der Waals surface area contributed by atoms with Gasteiger partial charge in [0.05, 0.1) is 0 Å². The van der Waals surface area contributed by atoms with Crippen LogP contribution in [0.4, 0.5) is 0 Å². The molecule has 3 heteroatoms. The van der Waals surface area contributed by atoms with Crippen molar-refractivity contribution in [1.82, 2.24) is 5.32 Å². The van der Waals surface area contributed by atoms with Crippen LogP contribution in [0.25, 0.3) is 0 Å². The molecular formula is C12H11NO2. The lowest BCUT2D eigenvalue weighted by atomic mass is 9.89. The first kappa shape index (κ1) is 9.80. The van der Waals surface area contributed by atoms with E-state index < -0.39 is 0 Å². The van der Waals surface area contributed by atoms with Gasteiger partial charge in [-0.1, -0.05) is 24.3 Å². The van der Waals surface area contributed by atoms with E-state index in [1.807, 2.05) is 0 Å². The number of allylic oxidation sites excluding steroid dienone is 1. The van der Waals surface area contributed by atoms with Crippen molar-refractivity contribution in [3.05, 3.63) is 47.0 Å². The Morgan fingerprint density at radius 1 is 1.13 bits per heavy atom. The number of nitrogens with one attached hydrogen (secondary N) is 1. The van der Waals surface area contributed by atoms with Crippen LogP contribution in [-0.4, -0.2) is 25.2 Å². The van der Waals surface area contributed by atoms with E-state index in [1.54, 1.807) is 31.3 Å². The van der Waals surface area contributed by atoms with Crippen LogP contribution >= 0.6 is 0 Å². The van der Waals surface area contributed by atoms with Gasteiger partial charge in [0.25, 0.3) is 0 Å². The molecule has 0 saturated heterocycles. The molecule has 15 heavy (non-hydrogen) atoms. The fraction of sp³-hybridized carbons (Fsp3) is 0.167. The Labute approximate surface area is 87.8 Å². The zero-order valence-electron chi connectivity index (χ0n) is 8.41. The molecule has 0 saturated carbocycles. The highest BCUT2D eigenvalue weighted by molar-refractivity contribution is 6.24. The zero-order chi connectivity index (χ0) is 10.8. The molecular weight excluding hydrogens is 190 g/mol. The molecule has 0 amide bonds. The van der Waals surface area contributed by atoms with Gasteiger partial charge >= 0.3 is 0 Å². The molecule has 0 aliphatic heterocycles. The van der Waals surface area contributed by atoms with E-state index in [2.05, 4.69) is 5.32 Å². The lowest BCUT2D eigenvalue weighted by Crippen LogP contribution is -2.23. The van der Waals surface area contributed by atoms with Crippen LogP contribution in [0.2, 0.25) is 0 Å². The van der Waals surface area contributed by atoms with Gasteiger partial charge in [0.1, 0.15) is 0 Å². The molecule has 1 aliphatic carbocycles. The molecule has 2 rings (SSSR count). The van der Waals surface area contributed by atoms with Gasteiger partial charge in [-0.15, -0.1) is 0 Å². The quantitative estimate of drug-likeness (QED) is 0.782. The number of hydrogen-bond acceptors (Lipinski definition) is 3. The number of carbonyl (C=O) groups is 2. The fourth-order valence-corrected chi connectivity index (χ4v) is 1.69. The summed E-state index contributed by atoms with van der Waals surface area (Å²) in [6.45, 7) is 0.429. The van der Waals surface area contributed by atoms with E-state index in [-0.39, 0.29) is 11.6 Å². The summed E-state index contributed by atoms with van der Waals surface area (Å²) < 4.78 is 0. The highest BCUT2D eigenvalue weighted by atomic mass is 16.1. The first-order valence-corrected chi connectivity index (χ1v) is 4.77. The largest absolute Gasteiger partial charge is 0.316 e. The highest BCUT2D eigenvalue weighted by Crippen LogP contribution is 2.20. The summed E-state index contributed by atoms with van der Waals surface area (Å²) in [6, 6.07) is 6.91. The summed E-state index contributed by atoms with van der Waals surface area (Å²) in [7, 11) is 1.75. The minimum absolute atomic E-state index is 0.0560. The van der Waals surface area contributed by atoms with E-state index >= 15 is 0 Å².